The van der Waals surface area contributed by atoms with Crippen LogP contribution >= 0.6 is 11.6 Å². The van der Waals surface area contributed by atoms with Gasteiger partial charge in [0.1, 0.15) is 6.61 Å². The van der Waals surface area contributed by atoms with Gasteiger partial charge in [0.2, 0.25) is 0 Å². The van der Waals surface area contributed by atoms with Crippen LogP contribution in [0.1, 0.15) is 18.1 Å². The van der Waals surface area contributed by atoms with Gasteiger partial charge in [0.05, 0.1) is 12.8 Å². The topological polar surface area (TPSA) is 89.0 Å². The molecule has 164 valence electrons. The SMILES string of the molecule is COc1cc(/C(C)=N/NC(=O)C(=O)Nc2ccc(Cl)cc2)ccc1OCc1ccccc1. The van der Waals surface area contributed by atoms with E-state index in [1.807, 2.05) is 30.3 Å². The number of hydrogen-bond acceptors (Lipinski definition) is 5. The standard InChI is InChI=1S/C24H22ClN3O4/c1-16(27-28-24(30)23(29)26-20-11-9-19(25)10-12-20)18-8-13-21(22(14-18)31-2)32-15-17-6-4-3-5-7-17/h3-14H,15H2,1-2H3,(H,26,29)(H,28,30)/b27-16+. The molecule has 0 saturated carbocycles. The van der Waals surface area contributed by atoms with Crippen LogP contribution in [0, 0.1) is 0 Å². The van der Waals surface area contributed by atoms with Crippen LogP contribution in [0.15, 0.2) is 77.9 Å². The molecule has 3 aromatic carbocycles. The number of ether oxygens (including phenoxy) is 2. The van der Waals surface area contributed by atoms with Gasteiger partial charge in [0, 0.05) is 16.3 Å². The van der Waals surface area contributed by atoms with E-state index in [1.54, 1.807) is 56.5 Å². The van der Waals surface area contributed by atoms with E-state index in [-0.39, 0.29) is 0 Å². The predicted molar refractivity (Wildman–Crippen MR) is 124 cm³/mol. The van der Waals surface area contributed by atoms with Crippen LogP contribution < -0.4 is 20.2 Å². The van der Waals surface area contributed by atoms with Crippen LogP contribution in [0.3, 0.4) is 0 Å². The third kappa shape index (κ3) is 6.33. The van der Waals surface area contributed by atoms with Gasteiger partial charge in [-0.15, -0.1) is 0 Å². The first kappa shape index (κ1) is 22.8. The van der Waals surface area contributed by atoms with Crippen molar-refractivity contribution in [2.24, 2.45) is 5.10 Å². The first-order valence-electron chi connectivity index (χ1n) is 9.72. The minimum atomic E-state index is -0.894. The Morgan fingerprint density at radius 2 is 1.66 bits per heavy atom. The third-order valence-electron chi connectivity index (χ3n) is 4.45. The van der Waals surface area contributed by atoms with Crippen LogP contribution in [0.2, 0.25) is 5.02 Å². The summed E-state index contributed by atoms with van der Waals surface area (Å²) in [6, 6.07) is 21.5. The molecular weight excluding hydrogens is 430 g/mol. The maximum absolute atomic E-state index is 12.0. The minimum Gasteiger partial charge on any atom is -0.493 e. The van der Waals surface area contributed by atoms with Gasteiger partial charge in [-0.2, -0.15) is 5.10 Å². The van der Waals surface area contributed by atoms with E-state index in [0.717, 1.165) is 5.56 Å². The van der Waals surface area contributed by atoms with Crippen molar-refractivity contribution in [3.63, 3.8) is 0 Å². The monoisotopic (exact) mass is 451 g/mol. The van der Waals surface area contributed by atoms with Gasteiger partial charge in [-0.1, -0.05) is 41.9 Å². The first-order valence-corrected chi connectivity index (χ1v) is 10.1. The maximum atomic E-state index is 12.0. The third-order valence-corrected chi connectivity index (χ3v) is 4.70. The molecule has 0 heterocycles. The second-order valence-corrected chi connectivity index (χ2v) is 7.18. The summed E-state index contributed by atoms with van der Waals surface area (Å²) in [6.07, 6.45) is 0. The minimum absolute atomic E-state index is 0.405. The molecule has 3 aromatic rings. The van der Waals surface area contributed by atoms with Crippen LogP contribution in [-0.2, 0) is 16.2 Å². The van der Waals surface area contributed by atoms with Crippen molar-refractivity contribution in [1.82, 2.24) is 5.43 Å². The summed E-state index contributed by atoms with van der Waals surface area (Å²) in [5.74, 6) is -0.626. The number of amides is 2. The fraction of sp³-hybridized carbons (Fsp3) is 0.125. The number of carbonyl (C=O) groups is 2. The lowest BCUT2D eigenvalue weighted by molar-refractivity contribution is -0.136. The molecule has 0 unspecified atom stereocenters. The van der Waals surface area contributed by atoms with E-state index in [4.69, 9.17) is 21.1 Å². The van der Waals surface area contributed by atoms with Crippen LogP contribution in [0.5, 0.6) is 11.5 Å². The Morgan fingerprint density at radius 3 is 2.34 bits per heavy atom. The summed E-state index contributed by atoms with van der Waals surface area (Å²) in [6.45, 7) is 2.11. The highest BCUT2D eigenvalue weighted by molar-refractivity contribution is 6.39. The molecular formula is C24H22ClN3O4. The van der Waals surface area contributed by atoms with Crippen LogP contribution in [0.25, 0.3) is 0 Å². The van der Waals surface area contributed by atoms with Gasteiger partial charge in [-0.05, 0) is 55.0 Å². The van der Waals surface area contributed by atoms with Gasteiger partial charge >= 0.3 is 11.8 Å². The molecule has 2 amide bonds. The van der Waals surface area contributed by atoms with E-state index in [9.17, 15) is 9.59 Å². The normalized spacial score (nSPS) is 10.9. The molecule has 0 saturated heterocycles. The summed E-state index contributed by atoms with van der Waals surface area (Å²) in [7, 11) is 1.55. The average Bonchev–Trinajstić information content (AvgIpc) is 2.82. The highest BCUT2D eigenvalue weighted by atomic mass is 35.5. The second kappa shape index (κ2) is 11.0. The van der Waals surface area contributed by atoms with Gasteiger partial charge in [0.15, 0.2) is 11.5 Å². The number of benzene rings is 3. The number of hydrogen-bond donors (Lipinski definition) is 2. The fourth-order valence-electron chi connectivity index (χ4n) is 2.72. The number of methoxy groups -OCH3 is 1. The Bertz CT molecular complexity index is 1120. The van der Waals surface area contributed by atoms with Gasteiger partial charge < -0.3 is 14.8 Å². The molecule has 0 aromatic heterocycles. The van der Waals surface area contributed by atoms with Crippen molar-refractivity contribution in [3.8, 4) is 11.5 Å². The molecule has 32 heavy (non-hydrogen) atoms. The average molecular weight is 452 g/mol. The molecule has 0 atom stereocenters. The Kier molecular flexibility index (Phi) is 7.83. The zero-order valence-corrected chi connectivity index (χ0v) is 18.3. The maximum Gasteiger partial charge on any atom is 0.329 e. The van der Waals surface area contributed by atoms with Crippen molar-refractivity contribution in [2.75, 3.05) is 12.4 Å². The predicted octanol–water partition coefficient (Wildman–Crippen LogP) is 4.41. The van der Waals surface area contributed by atoms with Gasteiger partial charge in [-0.25, -0.2) is 5.43 Å². The molecule has 7 nitrogen and oxygen atoms in total. The quantitative estimate of drug-likeness (QED) is 0.316. The van der Waals surface area contributed by atoms with Crippen molar-refractivity contribution in [1.29, 1.82) is 0 Å². The van der Waals surface area contributed by atoms with Crippen molar-refractivity contribution in [3.05, 3.63) is 88.9 Å². The highest BCUT2D eigenvalue weighted by Gasteiger charge is 2.14. The Morgan fingerprint density at radius 1 is 0.938 bits per heavy atom. The highest BCUT2D eigenvalue weighted by Crippen LogP contribution is 2.29. The molecule has 0 aliphatic rings. The summed E-state index contributed by atoms with van der Waals surface area (Å²) in [5, 5.41) is 7.01. The molecule has 3 rings (SSSR count). The van der Waals surface area contributed by atoms with E-state index in [1.165, 1.54) is 0 Å². The van der Waals surface area contributed by atoms with Crippen LogP contribution in [-0.4, -0.2) is 24.6 Å². The number of hydrazone groups is 1. The second-order valence-electron chi connectivity index (χ2n) is 6.74. The van der Waals surface area contributed by atoms with Gasteiger partial charge in [0.25, 0.3) is 0 Å². The fourth-order valence-corrected chi connectivity index (χ4v) is 2.84. The number of nitrogens with zero attached hydrogens (tertiary/aromatic N) is 1. The van der Waals surface area contributed by atoms with Gasteiger partial charge in [-0.3, -0.25) is 9.59 Å². The number of nitrogens with one attached hydrogen (secondary N) is 2. The lowest BCUT2D eigenvalue weighted by Gasteiger charge is -2.12. The van der Waals surface area contributed by atoms with Crippen molar-refractivity contribution >= 4 is 34.8 Å². The molecule has 0 fully saturated rings. The summed E-state index contributed by atoms with van der Waals surface area (Å²) in [4.78, 5) is 24.1. The molecule has 2 N–H and O–H groups in total. The Hall–Kier alpha value is -3.84. The smallest absolute Gasteiger partial charge is 0.329 e. The molecule has 0 spiro atoms. The van der Waals surface area contributed by atoms with Crippen molar-refractivity contribution in [2.45, 2.75) is 13.5 Å². The first-order chi connectivity index (χ1) is 15.5. The lowest BCUT2D eigenvalue weighted by Crippen LogP contribution is -2.32. The molecule has 0 bridgehead atoms. The molecule has 0 aliphatic heterocycles. The Balaban J connectivity index is 1.61. The zero-order chi connectivity index (χ0) is 22.9. The molecule has 0 aliphatic carbocycles. The molecule has 0 radical (unpaired) electrons. The zero-order valence-electron chi connectivity index (χ0n) is 17.6. The van der Waals surface area contributed by atoms with Crippen LogP contribution in [0.4, 0.5) is 5.69 Å². The number of rotatable bonds is 7. The summed E-state index contributed by atoms with van der Waals surface area (Å²) in [5.41, 5.74) is 4.93. The number of anilines is 1. The van der Waals surface area contributed by atoms with E-state index >= 15 is 0 Å². The largest absolute Gasteiger partial charge is 0.493 e. The summed E-state index contributed by atoms with van der Waals surface area (Å²) < 4.78 is 11.3. The number of carbonyl (C=O) groups excluding carboxylic acids is 2. The lowest BCUT2D eigenvalue weighted by atomic mass is 10.1. The molecule has 8 heteroatoms. The summed E-state index contributed by atoms with van der Waals surface area (Å²) >= 11 is 5.80. The van der Waals surface area contributed by atoms with E-state index in [0.29, 0.717) is 40.1 Å². The Labute approximate surface area is 191 Å². The number of halogens is 1. The van der Waals surface area contributed by atoms with E-state index in [2.05, 4.69) is 15.8 Å². The van der Waals surface area contributed by atoms with E-state index < -0.39 is 11.8 Å². The van der Waals surface area contributed by atoms with Crippen molar-refractivity contribution < 1.29 is 19.1 Å².